The van der Waals surface area contributed by atoms with Gasteiger partial charge < -0.3 is 0 Å². The molecule has 1 unspecified atom stereocenters. The number of alkyl halides is 1. The molecule has 0 aliphatic heterocycles. The molecule has 2 aromatic rings. The summed E-state index contributed by atoms with van der Waals surface area (Å²) in [7, 11) is 0. The molecule has 0 amide bonds. The molecule has 0 N–H and O–H groups in total. The second-order valence-electron chi connectivity index (χ2n) is 3.71. The number of hydrogen-bond acceptors (Lipinski definition) is 4. The molecule has 0 aliphatic rings. The Morgan fingerprint density at radius 2 is 2.22 bits per heavy atom. The quantitative estimate of drug-likeness (QED) is 0.484. The Balaban J connectivity index is 2.43. The van der Waals surface area contributed by atoms with Crippen LogP contribution in [0.15, 0.2) is 30.5 Å². The predicted octanol–water partition coefficient (Wildman–Crippen LogP) is 2.87. The van der Waals surface area contributed by atoms with Crippen molar-refractivity contribution in [3.63, 3.8) is 0 Å². The Morgan fingerprint density at radius 1 is 1.50 bits per heavy atom. The summed E-state index contributed by atoms with van der Waals surface area (Å²) in [5.41, 5.74) is 0.968. The van der Waals surface area contributed by atoms with E-state index < -0.39 is 4.92 Å². The summed E-state index contributed by atoms with van der Waals surface area (Å²) in [5, 5.41) is 18.5. The Morgan fingerprint density at radius 3 is 2.89 bits per heavy atom. The maximum atomic E-state index is 10.9. The second kappa shape index (κ2) is 5.14. The molecule has 0 aliphatic carbocycles. The van der Waals surface area contributed by atoms with Crippen LogP contribution in [0.1, 0.15) is 24.4 Å². The van der Waals surface area contributed by atoms with Gasteiger partial charge in [0.1, 0.15) is 11.4 Å². The summed E-state index contributed by atoms with van der Waals surface area (Å²) in [6.07, 6.45) is 2.33. The van der Waals surface area contributed by atoms with Gasteiger partial charge in [0.2, 0.25) is 0 Å². The van der Waals surface area contributed by atoms with Crippen molar-refractivity contribution in [1.29, 1.82) is 0 Å². The number of benzene rings is 1. The number of rotatable bonds is 4. The SMILES string of the molecule is CCC(Cl)c1cn(-c2ccccc2[N+](=O)[O-])nn1. The Hall–Kier alpha value is -1.95. The van der Waals surface area contributed by atoms with Gasteiger partial charge in [-0.05, 0) is 12.5 Å². The van der Waals surface area contributed by atoms with Crippen molar-refractivity contribution in [2.24, 2.45) is 0 Å². The third kappa shape index (κ3) is 2.33. The first-order valence-electron chi connectivity index (χ1n) is 5.43. The maximum Gasteiger partial charge on any atom is 0.294 e. The lowest BCUT2D eigenvalue weighted by Gasteiger charge is -2.01. The van der Waals surface area contributed by atoms with Crippen LogP contribution < -0.4 is 0 Å². The highest BCUT2D eigenvalue weighted by Gasteiger charge is 2.17. The average molecular weight is 267 g/mol. The summed E-state index contributed by atoms with van der Waals surface area (Å²) >= 11 is 6.04. The van der Waals surface area contributed by atoms with Crippen LogP contribution >= 0.6 is 11.6 Å². The highest BCUT2D eigenvalue weighted by molar-refractivity contribution is 6.20. The lowest BCUT2D eigenvalue weighted by molar-refractivity contribution is -0.384. The third-order valence-corrected chi connectivity index (χ3v) is 3.05. The molecule has 1 aromatic heterocycles. The molecule has 94 valence electrons. The van der Waals surface area contributed by atoms with Crippen molar-refractivity contribution in [2.45, 2.75) is 18.7 Å². The Bertz CT molecular complexity index is 570. The fourth-order valence-electron chi connectivity index (χ4n) is 1.56. The number of para-hydroxylation sites is 2. The number of aromatic nitrogens is 3. The molecule has 2 rings (SSSR count). The van der Waals surface area contributed by atoms with Gasteiger partial charge in [0.25, 0.3) is 5.69 Å². The van der Waals surface area contributed by atoms with Crippen molar-refractivity contribution < 1.29 is 4.92 Å². The van der Waals surface area contributed by atoms with Gasteiger partial charge in [-0.15, -0.1) is 16.7 Å². The Kier molecular flexibility index (Phi) is 3.57. The maximum absolute atomic E-state index is 10.9. The van der Waals surface area contributed by atoms with Gasteiger partial charge >= 0.3 is 0 Å². The summed E-state index contributed by atoms with van der Waals surface area (Å²) in [5.74, 6) is 0. The molecule has 0 fully saturated rings. The van der Waals surface area contributed by atoms with Gasteiger partial charge in [0.05, 0.1) is 16.5 Å². The Labute approximate surface area is 108 Å². The molecule has 0 spiro atoms. The standard InChI is InChI=1S/C11H11ClN4O2/c1-2-8(12)9-7-15(14-13-9)10-5-3-4-6-11(10)16(17)18/h3-8H,2H2,1H3. The minimum absolute atomic E-state index is 0.0171. The van der Waals surface area contributed by atoms with Crippen molar-refractivity contribution in [3.05, 3.63) is 46.3 Å². The van der Waals surface area contributed by atoms with E-state index in [1.54, 1.807) is 24.4 Å². The molecule has 7 heteroatoms. The molecule has 18 heavy (non-hydrogen) atoms. The highest BCUT2D eigenvalue weighted by atomic mass is 35.5. The van der Waals surface area contributed by atoms with Crippen LogP contribution in [-0.4, -0.2) is 19.9 Å². The van der Waals surface area contributed by atoms with E-state index in [4.69, 9.17) is 11.6 Å². The van der Waals surface area contributed by atoms with E-state index in [9.17, 15) is 10.1 Å². The van der Waals surface area contributed by atoms with Crippen LogP contribution in [-0.2, 0) is 0 Å². The van der Waals surface area contributed by atoms with E-state index >= 15 is 0 Å². The van der Waals surface area contributed by atoms with E-state index in [1.165, 1.54) is 10.7 Å². The van der Waals surface area contributed by atoms with Crippen LogP contribution in [0, 0.1) is 10.1 Å². The van der Waals surface area contributed by atoms with Crippen molar-refractivity contribution in [2.75, 3.05) is 0 Å². The second-order valence-corrected chi connectivity index (χ2v) is 4.24. The van der Waals surface area contributed by atoms with E-state index in [1.807, 2.05) is 6.92 Å². The first kappa shape index (κ1) is 12.5. The minimum Gasteiger partial charge on any atom is -0.258 e. The smallest absolute Gasteiger partial charge is 0.258 e. The lowest BCUT2D eigenvalue weighted by atomic mass is 10.2. The highest BCUT2D eigenvalue weighted by Crippen LogP contribution is 2.25. The molecule has 1 aromatic carbocycles. The molecule has 1 atom stereocenters. The minimum atomic E-state index is -0.450. The van der Waals surface area contributed by atoms with Crippen LogP contribution in [0.25, 0.3) is 5.69 Å². The zero-order valence-corrected chi connectivity index (χ0v) is 10.4. The fourth-order valence-corrected chi connectivity index (χ4v) is 1.66. The van der Waals surface area contributed by atoms with Gasteiger partial charge in [-0.1, -0.05) is 24.3 Å². The van der Waals surface area contributed by atoms with Crippen LogP contribution in [0.3, 0.4) is 0 Å². The molecular weight excluding hydrogens is 256 g/mol. The zero-order valence-electron chi connectivity index (χ0n) is 9.65. The number of nitro groups is 1. The van der Waals surface area contributed by atoms with E-state index in [-0.39, 0.29) is 11.1 Å². The largest absolute Gasteiger partial charge is 0.294 e. The third-order valence-electron chi connectivity index (χ3n) is 2.52. The molecular formula is C11H11ClN4O2. The summed E-state index contributed by atoms with van der Waals surface area (Å²) < 4.78 is 1.37. The fraction of sp³-hybridized carbons (Fsp3) is 0.273. The van der Waals surface area contributed by atoms with E-state index in [0.717, 1.165) is 6.42 Å². The number of nitro benzene ring substituents is 1. The van der Waals surface area contributed by atoms with Gasteiger partial charge in [0.15, 0.2) is 0 Å². The molecule has 6 nitrogen and oxygen atoms in total. The van der Waals surface area contributed by atoms with Gasteiger partial charge in [0, 0.05) is 6.07 Å². The van der Waals surface area contributed by atoms with Crippen molar-refractivity contribution in [3.8, 4) is 5.69 Å². The first-order chi connectivity index (χ1) is 8.63. The zero-order chi connectivity index (χ0) is 13.1. The van der Waals surface area contributed by atoms with Gasteiger partial charge in [-0.2, -0.15) is 0 Å². The number of hydrogen-bond donors (Lipinski definition) is 0. The molecule has 0 radical (unpaired) electrons. The monoisotopic (exact) mass is 266 g/mol. The molecule has 0 saturated heterocycles. The molecule has 1 heterocycles. The summed E-state index contributed by atoms with van der Waals surface area (Å²) in [6.45, 7) is 1.93. The first-order valence-corrected chi connectivity index (χ1v) is 5.87. The average Bonchev–Trinajstić information content (AvgIpc) is 2.87. The van der Waals surface area contributed by atoms with Crippen LogP contribution in [0.4, 0.5) is 5.69 Å². The number of nitrogens with zero attached hydrogens (tertiary/aromatic N) is 4. The summed E-state index contributed by atoms with van der Waals surface area (Å²) in [6, 6.07) is 6.36. The van der Waals surface area contributed by atoms with E-state index in [0.29, 0.717) is 11.4 Å². The van der Waals surface area contributed by atoms with Crippen molar-refractivity contribution >= 4 is 17.3 Å². The van der Waals surface area contributed by atoms with E-state index in [2.05, 4.69) is 10.3 Å². The number of halogens is 1. The molecule has 0 saturated carbocycles. The topological polar surface area (TPSA) is 73.8 Å². The van der Waals surface area contributed by atoms with Gasteiger partial charge in [-0.25, -0.2) is 4.68 Å². The van der Waals surface area contributed by atoms with Crippen LogP contribution in [0.5, 0.6) is 0 Å². The lowest BCUT2D eigenvalue weighted by Crippen LogP contribution is -2.00. The van der Waals surface area contributed by atoms with Crippen molar-refractivity contribution in [1.82, 2.24) is 15.0 Å². The normalized spacial score (nSPS) is 12.3. The van der Waals surface area contributed by atoms with Crippen LogP contribution in [0.2, 0.25) is 0 Å². The van der Waals surface area contributed by atoms with Gasteiger partial charge in [-0.3, -0.25) is 10.1 Å². The summed E-state index contributed by atoms with van der Waals surface area (Å²) in [4.78, 5) is 10.5. The molecule has 0 bridgehead atoms. The predicted molar refractivity (Wildman–Crippen MR) is 66.9 cm³/mol.